The first-order valence-corrected chi connectivity index (χ1v) is 20.8. The molecule has 57 heavy (non-hydrogen) atoms. The van der Waals surface area contributed by atoms with Crippen molar-refractivity contribution in [3.8, 4) is 11.6 Å². The van der Waals surface area contributed by atoms with Crippen molar-refractivity contribution in [3.63, 3.8) is 0 Å². The van der Waals surface area contributed by atoms with E-state index in [0.29, 0.717) is 61.0 Å². The summed E-state index contributed by atoms with van der Waals surface area (Å²) in [5, 5.41) is 5.15. The van der Waals surface area contributed by atoms with Crippen LogP contribution in [-0.2, 0) is 29.1 Å². The Morgan fingerprint density at radius 3 is 2.46 bits per heavy atom. The molecule has 1 aromatic heterocycles. The minimum absolute atomic E-state index is 0.0374. The number of halogens is 3. The van der Waals surface area contributed by atoms with Gasteiger partial charge in [-0.15, -0.1) is 0 Å². The Kier molecular flexibility index (Phi) is 10.6. The highest BCUT2D eigenvalue weighted by molar-refractivity contribution is 7.91. The molecule has 4 fully saturated rings. The van der Waals surface area contributed by atoms with E-state index in [9.17, 15) is 40.8 Å². The topological polar surface area (TPSA) is 195 Å². The zero-order chi connectivity index (χ0) is 41.0. The maximum Gasteiger partial charge on any atom is 0.428 e. The second-order valence-corrected chi connectivity index (χ2v) is 18.3. The van der Waals surface area contributed by atoms with Crippen LogP contribution in [0.15, 0.2) is 30.4 Å². The van der Waals surface area contributed by atoms with Crippen LogP contribution in [0.25, 0.3) is 11.0 Å². The molecule has 2 aromatic rings. The number of rotatable bonds is 8. The van der Waals surface area contributed by atoms with Crippen LogP contribution in [0.3, 0.4) is 0 Å². The van der Waals surface area contributed by atoms with Gasteiger partial charge >= 0.3 is 12.3 Å². The molecule has 4 amide bonds. The summed E-state index contributed by atoms with van der Waals surface area (Å²) in [5.74, 6) is -2.31. The lowest BCUT2D eigenvalue weighted by molar-refractivity contribution is -0.284. The molecular weight excluding hydrogens is 774 g/mol. The van der Waals surface area contributed by atoms with Crippen LogP contribution in [0, 0.1) is 12.8 Å². The van der Waals surface area contributed by atoms with Crippen LogP contribution in [-0.4, -0.2) is 101 Å². The summed E-state index contributed by atoms with van der Waals surface area (Å²) in [6, 6.07) is 2.45. The van der Waals surface area contributed by atoms with Gasteiger partial charge in [0.15, 0.2) is 0 Å². The molecule has 310 valence electrons. The number of nitrogens with one attached hydrogen (secondary N) is 3. The van der Waals surface area contributed by atoms with Gasteiger partial charge in [-0.05, 0) is 83.8 Å². The highest BCUT2D eigenvalue weighted by Gasteiger charge is 2.64. The first kappa shape index (κ1) is 40.5. The smallest absolute Gasteiger partial charge is 0.428 e. The normalized spacial score (nSPS) is 28.9. The van der Waals surface area contributed by atoms with Gasteiger partial charge in [-0.3, -0.25) is 19.1 Å². The molecule has 3 heterocycles. The number of carbonyl (C=O) groups excluding carboxylic acids is 4. The molecule has 1 aromatic carbocycles. The first-order valence-electron chi connectivity index (χ1n) is 19.3. The van der Waals surface area contributed by atoms with Gasteiger partial charge in [0.05, 0.1) is 29.4 Å². The molecule has 5 atom stereocenters. The summed E-state index contributed by atoms with van der Waals surface area (Å²) >= 11 is 0. The lowest BCUT2D eigenvalue weighted by atomic mass is 9.79. The maximum absolute atomic E-state index is 14.5. The SMILES string of the molecule is COc1ccc2nc(C)c(O[C@@H]3C[C@H]4C(=O)N[C@]5(C(=O)NS(=O)(=O)C6(C)CC6)C[C@H]5/C=C\CCCCC[C@H](NC(=O)OC5(C(F)(F)F)CCC5)C(=O)N4C3)nc2c1. The van der Waals surface area contributed by atoms with Gasteiger partial charge in [-0.2, -0.15) is 13.2 Å². The first-order chi connectivity index (χ1) is 26.9. The molecule has 0 spiro atoms. The summed E-state index contributed by atoms with van der Waals surface area (Å²) in [6.45, 7) is 3.01. The predicted molar refractivity (Wildman–Crippen MR) is 197 cm³/mol. The van der Waals surface area contributed by atoms with E-state index in [1.54, 1.807) is 31.2 Å². The molecule has 0 unspecified atom stereocenters. The number of alkyl carbamates (subject to hydrolysis) is 1. The van der Waals surface area contributed by atoms with Gasteiger partial charge in [0, 0.05) is 18.4 Å². The van der Waals surface area contributed by atoms with Crippen LogP contribution in [0.5, 0.6) is 11.6 Å². The Morgan fingerprint density at radius 1 is 1.04 bits per heavy atom. The highest BCUT2D eigenvalue weighted by atomic mass is 32.2. The monoisotopic (exact) mass is 820 g/mol. The quantitative estimate of drug-likeness (QED) is 0.322. The number of amides is 4. The number of alkyl halides is 3. The maximum atomic E-state index is 14.5. The van der Waals surface area contributed by atoms with Gasteiger partial charge in [0.2, 0.25) is 33.3 Å². The lowest BCUT2D eigenvalue weighted by Crippen LogP contribution is -2.59. The third kappa shape index (κ3) is 7.95. The number of aromatic nitrogens is 2. The van der Waals surface area contributed by atoms with Gasteiger partial charge in [-0.1, -0.05) is 25.0 Å². The minimum atomic E-state index is -4.81. The standard InChI is InChI=1S/C38H47F3N6O9S/c1-22-31(43-28-18-24(54-3)12-13-26(28)42-22)55-25-19-29-30(48)45-37(33(50)46-57(52,53)35(2)16-17-35)20-23(37)10-7-5-4-6-8-11-27(32(49)47(29)21-25)44-34(51)56-36(14-9-15-36)38(39,40)41/h7,10,12-13,18,23,25,27,29H,4-6,8-9,11,14-17,19-21H2,1-3H3,(H,44,51)(H,45,48)(H,46,50)/b10-7-/t23-,25-,27+,29+,37-/m1/s1. The second-order valence-electron chi connectivity index (χ2n) is 16.1. The van der Waals surface area contributed by atoms with E-state index in [0.717, 1.165) is 0 Å². The molecule has 5 aliphatic rings. The van der Waals surface area contributed by atoms with E-state index in [-0.39, 0.29) is 38.1 Å². The van der Waals surface area contributed by atoms with E-state index in [4.69, 9.17) is 14.2 Å². The van der Waals surface area contributed by atoms with Crippen molar-refractivity contribution >= 4 is 44.9 Å². The average Bonchev–Trinajstić information content (AvgIpc) is 4.01. The molecule has 7 rings (SSSR count). The molecule has 3 saturated carbocycles. The van der Waals surface area contributed by atoms with E-state index in [1.807, 2.05) is 6.08 Å². The Morgan fingerprint density at radius 2 is 1.79 bits per heavy atom. The Bertz CT molecular complexity index is 2090. The van der Waals surface area contributed by atoms with Crippen molar-refractivity contribution < 1.29 is 55.0 Å². The fourth-order valence-electron chi connectivity index (χ4n) is 7.74. The highest BCUT2D eigenvalue weighted by Crippen LogP contribution is 2.49. The van der Waals surface area contributed by atoms with Crippen molar-refractivity contribution in [1.82, 2.24) is 30.2 Å². The van der Waals surface area contributed by atoms with Crippen LogP contribution in [0.4, 0.5) is 18.0 Å². The third-order valence-corrected chi connectivity index (χ3v) is 14.2. The zero-order valence-electron chi connectivity index (χ0n) is 31.9. The fraction of sp³-hybridized carbons (Fsp3) is 0.632. The molecule has 19 heteroatoms. The number of sulfonamides is 1. The number of benzene rings is 1. The van der Waals surface area contributed by atoms with Crippen molar-refractivity contribution in [2.45, 2.75) is 131 Å². The largest absolute Gasteiger partial charge is 0.497 e. The van der Waals surface area contributed by atoms with Gasteiger partial charge in [0.25, 0.3) is 5.91 Å². The summed E-state index contributed by atoms with van der Waals surface area (Å²) in [7, 11) is -2.56. The van der Waals surface area contributed by atoms with Gasteiger partial charge in [0.1, 0.15) is 35.2 Å². The average molecular weight is 821 g/mol. The Labute approximate surface area is 327 Å². The van der Waals surface area contributed by atoms with Crippen molar-refractivity contribution in [2.24, 2.45) is 5.92 Å². The number of carbonyl (C=O) groups is 4. The Hall–Kier alpha value is -4.68. The molecule has 3 N–H and O–H groups in total. The number of nitrogens with zero attached hydrogens (tertiary/aromatic N) is 3. The zero-order valence-corrected chi connectivity index (χ0v) is 32.8. The predicted octanol–water partition coefficient (Wildman–Crippen LogP) is 4.27. The lowest BCUT2D eigenvalue weighted by Gasteiger charge is -2.42. The van der Waals surface area contributed by atoms with E-state index in [1.165, 1.54) is 18.9 Å². The van der Waals surface area contributed by atoms with E-state index < -0.39 is 92.8 Å². The Balaban J connectivity index is 1.18. The summed E-state index contributed by atoms with van der Waals surface area (Å²) in [6.07, 6.45) is -1.03. The van der Waals surface area contributed by atoms with Gasteiger partial charge in [-0.25, -0.2) is 23.2 Å². The summed E-state index contributed by atoms with van der Waals surface area (Å²) in [4.78, 5) is 66.2. The number of allylic oxidation sites excluding steroid dienone is 1. The molecule has 0 bridgehead atoms. The minimum Gasteiger partial charge on any atom is -0.497 e. The van der Waals surface area contributed by atoms with E-state index >= 15 is 0 Å². The molecular formula is C38H47F3N6O9S. The fourth-order valence-corrected chi connectivity index (χ4v) is 9.05. The second kappa shape index (κ2) is 14.9. The number of methoxy groups -OCH3 is 1. The van der Waals surface area contributed by atoms with E-state index in [2.05, 4.69) is 25.3 Å². The third-order valence-electron chi connectivity index (χ3n) is 12.0. The number of fused-ring (bicyclic) bond motifs is 3. The number of hydrogen-bond donors (Lipinski definition) is 3. The van der Waals surface area contributed by atoms with Crippen LogP contribution in [0.1, 0.15) is 89.7 Å². The molecule has 0 radical (unpaired) electrons. The van der Waals surface area contributed by atoms with Crippen molar-refractivity contribution in [1.29, 1.82) is 0 Å². The molecule has 2 aliphatic heterocycles. The van der Waals surface area contributed by atoms with Crippen LogP contribution in [0.2, 0.25) is 0 Å². The van der Waals surface area contributed by atoms with Crippen molar-refractivity contribution in [3.05, 3.63) is 36.0 Å². The number of aryl methyl sites for hydroxylation is 1. The molecule has 1 saturated heterocycles. The van der Waals surface area contributed by atoms with Crippen molar-refractivity contribution in [2.75, 3.05) is 13.7 Å². The number of ether oxygens (including phenoxy) is 3. The summed E-state index contributed by atoms with van der Waals surface area (Å²) < 4.78 is 85.7. The van der Waals surface area contributed by atoms with Crippen LogP contribution >= 0.6 is 0 Å². The van der Waals surface area contributed by atoms with Crippen LogP contribution < -0.4 is 24.8 Å². The van der Waals surface area contributed by atoms with Gasteiger partial charge < -0.3 is 29.7 Å². The summed E-state index contributed by atoms with van der Waals surface area (Å²) in [5.41, 5.74) is -2.84. The molecule has 3 aliphatic carbocycles. The molecule has 15 nitrogen and oxygen atoms in total. The number of hydrogen-bond acceptors (Lipinski definition) is 11.